The van der Waals surface area contributed by atoms with Gasteiger partial charge in [-0.25, -0.2) is 9.78 Å². The summed E-state index contributed by atoms with van der Waals surface area (Å²) in [5.41, 5.74) is 7.43. The fourth-order valence-corrected chi connectivity index (χ4v) is 2.15. The Morgan fingerprint density at radius 3 is 1.45 bits per heavy atom. The van der Waals surface area contributed by atoms with E-state index < -0.39 is 0 Å². The Labute approximate surface area is 121 Å². The largest absolute Gasteiger partial charge is 0.232 e. The zero-order valence-corrected chi connectivity index (χ0v) is 12.7. The summed E-state index contributed by atoms with van der Waals surface area (Å²) < 4.78 is 0. The summed E-state index contributed by atoms with van der Waals surface area (Å²) in [6, 6.07) is 12.5. The molecule has 0 fully saturated rings. The smallest absolute Gasteiger partial charge is 0.108 e. The summed E-state index contributed by atoms with van der Waals surface area (Å²) in [6.07, 6.45) is 0. The molecule has 2 aromatic rings. The fraction of sp³-hybridized carbons (Fsp3) is 0.333. The van der Waals surface area contributed by atoms with Gasteiger partial charge in [-0.15, -0.1) is 0 Å². The van der Waals surface area contributed by atoms with Crippen LogP contribution < -0.4 is 0 Å². The molecule has 0 N–H and O–H groups in total. The first-order valence-corrected chi connectivity index (χ1v) is 6.94. The highest BCUT2D eigenvalue weighted by Crippen LogP contribution is 2.16. The molecule has 0 heterocycles. The third-order valence-electron chi connectivity index (χ3n) is 3.95. The van der Waals surface area contributed by atoms with E-state index in [0.29, 0.717) is 13.2 Å². The van der Waals surface area contributed by atoms with Crippen LogP contribution in [0.4, 0.5) is 0 Å². The van der Waals surface area contributed by atoms with Crippen molar-refractivity contribution in [2.45, 2.75) is 40.9 Å². The lowest BCUT2D eigenvalue weighted by molar-refractivity contribution is -0.313. The molecule has 0 saturated heterocycles. The van der Waals surface area contributed by atoms with Crippen molar-refractivity contribution in [3.05, 3.63) is 69.8 Å². The topological polar surface area (TPSA) is 18.5 Å². The lowest BCUT2D eigenvalue weighted by Crippen LogP contribution is -2.00. The molecular formula is C18H22O2. The summed E-state index contributed by atoms with van der Waals surface area (Å²) in [5.74, 6) is 0. The van der Waals surface area contributed by atoms with Gasteiger partial charge in [0.1, 0.15) is 13.2 Å². The Bertz CT molecular complexity index is 534. The minimum absolute atomic E-state index is 0.485. The molecule has 0 unspecified atom stereocenters. The second-order valence-electron chi connectivity index (χ2n) is 5.24. The molecule has 0 spiro atoms. The SMILES string of the molecule is Cc1cccc(COOCc2cccc(C)c2C)c1C. The Balaban J connectivity index is 1.88. The summed E-state index contributed by atoms with van der Waals surface area (Å²) >= 11 is 0. The molecule has 2 heteroatoms. The van der Waals surface area contributed by atoms with E-state index in [9.17, 15) is 0 Å². The van der Waals surface area contributed by atoms with Gasteiger partial charge in [-0.05, 0) is 61.1 Å². The van der Waals surface area contributed by atoms with Crippen LogP contribution in [0.25, 0.3) is 0 Å². The van der Waals surface area contributed by atoms with E-state index in [-0.39, 0.29) is 0 Å². The minimum atomic E-state index is 0.485. The Morgan fingerprint density at radius 1 is 0.650 bits per heavy atom. The summed E-state index contributed by atoms with van der Waals surface area (Å²) in [6.45, 7) is 9.40. The molecule has 0 aliphatic rings. The first kappa shape index (κ1) is 14.8. The molecule has 0 radical (unpaired) electrons. The van der Waals surface area contributed by atoms with Gasteiger partial charge in [-0.2, -0.15) is 0 Å². The molecule has 0 amide bonds. The highest BCUT2D eigenvalue weighted by Gasteiger charge is 2.03. The van der Waals surface area contributed by atoms with Gasteiger partial charge in [0.2, 0.25) is 0 Å². The molecule has 20 heavy (non-hydrogen) atoms. The van der Waals surface area contributed by atoms with Gasteiger partial charge in [-0.3, -0.25) is 0 Å². The third-order valence-corrected chi connectivity index (χ3v) is 3.95. The van der Waals surface area contributed by atoms with Gasteiger partial charge in [0.25, 0.3) is 0 Å². The lowest BCUT2D eigenvalue weighted by Gasteiger charge is -2.10. The van der Waals surface area contributed by atoms with Crippen molar-refractivity contribution in [2.24, 2.45) is 0 Å². The predicted molar refractivity (Wildman–Crippen MR) is 81.4 cm³/mol. The summed E-state index contributed by atoms with van der Waals surface area (Å²) in [5, 5.41) is 0. The van der Waals surface area contributed by atoms with Crippen LogP contribution in [0.1, 0.15) is 33.4 Å². The number of aryl methyl sites for hydroxylation is 2. The van der Waals surface area contributed by atoms with Crippen molar-refractivity contribution in [1.82, 2.24) is 0 Å². The van der Waals surface area contributed by atoms with Crippen LogP contribution >= 0.6 is 0 Å². The molecule has 106 valence electrons. The number of rotatable bonds is 5. The number of hydrogen-bond acceptors (Lipinski definition) is 2. The van der Waals surface area contributed by atoms with Crippen molar-refractivity contribution in [1.29, 1.82) is 0 Å². The standard InChI is InChI=1S/C18H22O2/c1-13-7-5-9-17(15(13)3)11-19-20-12-18-10-6-8-14(2)16(18)4/h5-10H,11-12H2,1-4H3. The predicted octanol–water partition coefficient (Wildman–Crippen LogP) is 4.57. The maximum Gasteiger partial charge on any atom is 0.108 e. The second kappa shape index (κ2) is 6.69. The van der Waals surface area contributed by atoms with Crippen molar-refractivity contribution in [2.75, 3.05) is 0 Å². The molecule has 0 saturated carbocycles. The number of benzene rings is 2. The van der Waals surface area contributed by atoms with Crippen molar-refractivity contribution in [3.8, 4) is 0 Å². The van der Waals surface area contributed by atoms with Crippen molar-refractivity contribution >= 4 is 0 Å². The number of hydrogen-bond donors (Lipinski definition) is 0. The van der Waals surface area contributed by atoms with Crippen LogP contribution in [0.5, 0.6) is 0 Å². The second-order valence-corrected chi connectivity index (χ2v) is 5.24. The molecule has 2 rings (SSSR count). The highest BCUT2D eigenvalue weighted by molar-refractivity contribution is 5.33. The monoisotopic (exact) mass is 270 g/mol. The summed E-state index contributed by atoms with van der Waals surface area (Å²) in [4.78, 5) is 10.7. The van der Waals surface area contributed by atoms with Crippen LogP contribution in [0, 0.1) is 27.7 Å². The van der Waals surface area contributed by atoms with Crippen molar-refractivity contribution < 1.29 is 9.78 Å². The van der Waals surface area contributed by atoms with Crippen LogP contribution in [0.15, 0.2) is 36.4 Å². The van der Waals surface area contributed by atoms with E-state index in [1.165, 1.54) is 33.4 Å². The first-order chi connectivity index (χ1) is 9.59. The molecule has 2 nitrogen and oxygen atoms in total. The maximum atomic E-state index is 5.35. The van der Waals surface area contributed by atoms with Gasteiger partial charge in [-0.1, -0.05) is 36.4 Å². The van der Waals surface area contributed by atoms with E-state index >= 15 is 0 Å². The van der Waals surface area contributed by atoms with Gasteiger partial charge in [0, 0.05) is 0 Å². The average molecular weight is 270 g/mol. The van der Waals surface area contributed by atoms with Gasteiger partial charge in [0.05, 0.1) is 0 Å². The van der Waals surface area contributed by atoms with Crippen LogP contribution in [-0.4, -0.2) is 0 Å². The molecule has 0 aliphatic carbocycles. The van der Waals surface area contributed by atoms with E-state index in [1.807, 2.05) is 12.1 Å². The molecule has 0 atom stereocenters. The van der Waals surface area contributed by atoms with E-state index in [4.69, 9.17) is 9.78 Å². The molecule has 0 aliphatic heterocycles. The van der Waals surface area contributed by atoms with Crippen LogP contribution in [0.3, 0.4) is 0 Å². The Hall–Kier alpha value is -1.64. The van der Waals surface area contributed by atoms with E-state index in [0.717, 1.165) is 0 Å². The highest BCUT2D eigenvalue weighted by atomic mass is 17.2. The first-order valence-electron chi connectivity index (χ1n) is 6.94. The maximum absolute atomic E-state index is 5.35. The van der Waals surface area contributed by atoms with Crippen LogP contribution in [0.2, 0.25) is 0 Å². The quantitative estimate of drug-likeness (QED) is 0.450. The lowest BCUT2D eigenvalue weighted by atomic mass is 10.0. The van der Waals surface area contributed by atoms with E-state index in [1.54, 1.807) is 0 Å². The average Bonchev–Trinajstić information content (AvgIpc) is 2.43. The van der Waals surface area contributed by atoms with Gasteiger partial charge >= 0.3 is 0 Å². The zero-order valence-electron chi connectivity index (χ0n) is 12.7. The zero-order chi connectivity index (χ0) is 14.5. The van der Waals surface area contributed by atoms with Gasteiger partial charge < -0.3 is 0 Å². The molecule has 2 aromatic carbocycles. The van der Waals surface area contributed by atoms with E-state index in [2.05, 4.69) is 52.0 Å². The van der Waals surface area contributed by atoms with Crippen LogP contribution in [-0.2, 0) is 23.0 Å². The summed E-state index contributed by atoms with van der Waals surface area (Å²) in [7, 11) is 0. The molecule has 0 bridgehead atoms. The van der Waals surface area contributed by atoms with Crippen molar-refractivity contribution in [3.63, 3.8) is 0 Å². The Kier molecular flexibility index (Phi) is 4.94. The molecular weight excluding hydrogens is 248 g/mol. The fourth-order valence-electron chi connectivity index (χ4n) is 2.15. The Morgan fingerprint density at radius 2 is 1.05 bits per heavy atom. The third kappa shape index (κ3) is 3.47. The molecule has 0 aromatic heterocycles. The normalized spacial score (nSPS) is 10.8. The van der Waals surface area contributed by atoms with Gasteiger partial charge in [0.15, 0.2) is 0 Å². The minimum Gasteiger partial charge on any atom is -0.232 e.